The molecule has 0 aliphatic heterocycles. The molecule has 3 atom stereocenters. The van der Waals surface area contributed by atoms with Crippen LogP contribution in [-0.4, -0.2) is 76.2 Å². The van der Waals surface area contributed by atoms with Crippen LogP contribution in [0.2, 0.25) is 0 Å². The van der Waals surface area contributed by atoms with Crippen LogP contribution in [0.4, 0.5) is 0 Å². The maximum atomic E-state index is 12.8. The van der Waals surface area contributed by atoms with E-state index in [4.69, 9.17) is 21.7 Å². The zero-order valence-electron chi connectivity index (χ0n) is 16.4. The number of aliphatic carboxylic acids is 1. The summed E-state index contributed by atoms with van der Waals surface area (Å²) in [6, 6.07) is 1.63. The third-order valence-corrected chi connectivity index (χ3v) is 3.99. The van der Waals surface area contributed by atoms with Gasteiger partial charge in [0.25, 0.3) is 0 Å². The van der Waals surface area contributed by atoms with Crippen molar-refractivity contribution in [2.24, 2.45) is 11.5 Å². The second-order valence-corrected chi connectivity index (χ2v) is 6.56. The standard InChI is InChI=1S/C18H25N5O8/c19-11(8-24)16(29)22-12(5-9-1-3-10(25)4-2-9)18(31)23-13(6-14(20)26)17(30)21-7-15(27)28/h1-4,11-13,24-25H,5-8,19H2,(H2,20,26)(H,21,30)(H,22,29)(H,23,31)(H,27,28). The summed E-state index contributed by atoms with van der Waals surface area (Å²) in [7, 11) is 0. The number of hydrogen-bond donors (Lipinski definition) is 8. The van der Waals surface area contributed by atoms with Gasteiger partial charge in [0.1, 0.15) is 30.4 Å². The zero-order chi connectivity index (χ0) is 23.6. The average molecular weight is 439 g/mol. The first-order valence-electron chi connectivity index (χ1n) is 9.06. The summed E-state index contributed by atoms with van der Waals surface area (Å²) in [5.74, 6) is -4.99. The molecular formula is C18H25N5O8. The maximum absolute atomic E-state index is 12.8. The number of primary amides is 1. The predicted octanol–water partition coefficient (Wildman–Crippen LogP) is -3.70. The predicted molar refractivity (Wildman–Crippen MR) is 105 cm³/mol. The van der Waals surface area contributed by atoms with Gasteiger partial charge in [-0.15, -0.1) is 0 Å². The first kappa shape index (κ1) is 25.3. The van der Waals surface area contributed by atoms with Crippen LogP contribution in [0.3, 0.4) is 0 Å². The van der Waals surface area contributed by atoms with Crippen molar-refractivity contribution >= 4 is 29.6 Å². The molecule has 0 aliphatic rings. The monoisotopic (exact) mass is 439 g/mol. The summed E-state index contributed by atoms with van der Waals surface area (Å²) >= 11 is 0. The van der Waals surface area contributed by atoms with Crippen LogP contribution in [0, 0.1) is 0 Å². The zero-order valence-corrected chi connectivity index (χ0v) is 16.4. The Morgan fingerprint density at radius 1 is 0.935 bits per heavy atom. The number of aliphatic hydroxyl groups is 1. The van der Waals surface area contributed by atoms with E-state index in [1.54, 1.807) is 0 Å². The van der Waals surface area contributed by atoms with Gasteiger partial charge in [0.2, 0.25) is 23.6 Å². The number of phenolic OH excluding ortho intramolecular Hbond substituents is 1. The fourth-order valence-electron chi connectivity index (χ4n) is 2.41. The molecule has 1 aromatic rings. The molecule has 3 unspecified atom stereocenters. The minimum Gasteiger partial charge on any atom is -0.508 e. The number of hydrogen-bond acceptors (Lipinski definition) is 8. The summed E-state index contributed by atoms with van der Waals surface area (Å²) in [6.07, 6.45) is -0.705. The third kappa shape index (κ3) is 9.10. The Hall–Kier alpha value is -3.71. The van der Waals surface area contributed by atoms with Crippen molar-refractivity contribution in [2.75, 3.05) is 13.2 Å². The number of benzene rings is 1. The molecule has 0 saturated heterocycles. The molecule has 0 heterocycles. The molecule has 0 aliphatic carbocycles. The SMILES string of the molecule is NC(=O)CC(NC(=O)C(Cc1ccc(O)cc1)NC(=O)C(N)CO)C(=O)NCC(=O)O. The first-order valence-corrected chi connectivity index (χ1v) is 9.06. The molecule has 10 N–H and O–H groups in total. The van der Waals surface area contributed by atoms with E-state index in [-0.39, 0.29) is 12.2 Å². The number of phenols is 1. The van der Waals surface area contributed by atoms with Crippen molar-refractivity contribution in [2.45, 2.75) is 31.0 Å². The largest absolute Gasteiger partial charge is 0.508 e. The number of aromatic hydroxyl groups is 1. The second kappa shape index (κ2) is 12.1. The van der Waals surface area contributed by atoms with Crippen molar-refractivity contribution in [1.29, 1.82) is 0 Å². The molecule has 0 spiro atoms. The highest BCUT2D eigenvalue weighted by molar-refractivity contribution is 5.95. The molecule has 170 valence electrons. The fourth-order valence-corrected chi connectivity index (χ4v) is 2.41. The highest BCUT2D eigenvalue weighted by Crippen LogP contribution is 2.12. The normalized spacial score (nSPS) is 13.4. The number of aliphatic hydroxyl groups excluding tert-OH is 1. The van der Waals surface area contributed by atoms with E-state index in [1.807, 2.05) is 5.32 Å². The van der Waals surface area contributed by atoms with E-state index in [0.29, 0.717) is 5.56 Å². The number of carbonyl (C=O) groups excluding carboxylic acids is 4. The van der Waals surface area contributed by atoms with Gasteiger partial charge in [0.15, 0.2) is 0 Å². The first-order chi connectivity index (χ1) is 14.5. The second-order valence-electron chi connectivity index (χ2n) is 6.56. The Labute approximate surface area is 176 Å². The van der Waals surface area contributed by atoms with E-state index < -0.39 is 67.3 Å². The number of carboxylic acid groups (broad SMARTS) is 1. The molecular weight excluding hydrogens is 414 g/mol. The minimum atomic E-state index is -1.49. The summed E-state index contributed by atoms with van der Waals surface area (Å²) in [4.78, 5) is 58.9. The third-order valence-electron chi connectivity index (χ3n) is 3.99. The Balaban J connectivity index is 3.03. The maximum Gasteiger partial charge on any atom is 0.322 e. The molecule has 0 bridgehead atoms. The number of carboxylic acids is 1. The number of rotatable bonds is 12. The molecule has 31 heavy (non-hydrogen) atoms. The van der Waals surface area contributed by atoms with E-state index in [1.165, 1.54) is 24.3 Å². The van der Waals surface area contributed by atoms with Crippen LogP contribution in [0.15, 0.2) is 24.3 Å². The van der Waals surface area contributed by atoms with E-state index in [2.05, 4.69) is 10.6 Å². The van der Waals surface area contributed by atoms with Crippen molar-refractivity contribution in [3.63, 3.8) is 0 Å². The lowest BCUT2D eigenvalue weighted by molar-refractivity contribution is -0.138. The molecule has 4 amide bonds. The number of amides is 4. The molecule has 13 nitrogen and oxygen atoms in total. The smallest absolute Gasteiger partial charge is 0.322 e. The van der Waals surface area contributed by atoms with Crippen LogP contribution in [-0.2, 0) is 30.4 Å². The van der Waals surface area contributed by atoms with Gasteiger partial charge in [-0.1, -0.05) is 12.1 Å². The van der Waals surface area contributed by atoms with Crippen molar-refractivity contribution in [1.82, 2.24) is 16.0 Å². The van der Waals surface area contributed by atoms with Crippen molar-refractivity contribution in [3.8, 4) is 5.75 Å². The van der Waals surface area contributed by atoms with Crippen LogP contribution in [0.5, 0.6) is 5.75 Å². The van der Waals surface area contributed by atoms with Crippen LogP contribution in [0.25, 0.3) is 0 Å². The Kier molecular flexibility index (Phi) is 9.88. The van der Waals surface area contributed by atoms with Gasteiger partial charge >= 0.3 is 5.97 Å². The lowest BCUT2D eigenvalue weighted by Crippen LogP contribution is -2.57. The van der Waals surface area contributed by atoms with Gasteiger partial charge in [0.05, 0.1) is 13.0 Å². The van der Waals surface area contributed by atoms with E-state index in [9.17, 15) is 29.1 Å². The van der Waals surface area contributed by atoms with Crippen molar-refractivity contribution < 1.29 is 39.3 Å². The summed E-state index contributed by atoms with van der Waals surface area (Å²) in [5.41, 5.74) is 11.1. The highest BCUT2D eigenvalue weighted by atomic mass is 16.4. The van der Waals surface area contributed by atoms with E-state index >= 15 is 0 Å². The summed E-state index contributed by atoms with van der Waals surface area (Å²) in [6.45, 7) is -1.43. The van der Waals surface area contributed by atoms with Gasteiger partial charge in [-0.3, -0.25) is 24.0 Å². The number of nitrogens with two attached hydrogens (primary N) is 2. The topological polar surface area (TPSA) is 234 Å². The van der Waals surface area contributed by atoms with Crippen LogP contribution < -0.4 is 27.4 Å². The lowest BCUT2D eigenvalue weighted by atomic mass is 10.0. The molecule has 0 aromatic heterocycles. The quantitative estimate of drug-likeness (QED) is 0.160. The van der Waals surface area contributed by atoms with Gasteiger partial charge in [0, 0.05) is 6.42 Å². The Morgan fingerprint density at radius 3 is 2.03 bits per heavy atom. The van der Waals surface area contributed by atoms with Gasteiger partial charge in [-0.2, -0.15) is 0 Å². The Morgan fingerprint density at radius 2 is 1.52 bits per heavy atom. The summed E-state index contributed by atoms with van der Waals surface area (Å²) in [5, 5.41) is 33.7. The van der Waals surface area contributed by atoms with Gasteiger partial charge < -0.3 is 42.7 Å². The lowest BCUT2D eigenvalue weighted by Gasteiger charge is -2.23. The average Bonchev–Trinajstić information content (AvgIpc) is 2.71. The molecule has 0 fully saturated rings. The van der Waals surface area contributed by atoms with Gasteiger partial charge in [-0.05, 0) is 17.7 Å². The minimum absolute atomic E-state index is 0.0206. The molecule has 13 heteroatoms. The Bertz CT molecular complexity index is 814. The highest BCUT2D eigenvalue weighted by Gasteiger charge is 2.29. The molecule has 0 saturated carbocycles. The molecule has 1 rings (SSSR count). The van der Waals surface area contributed by atoms with Crippen LogP contribution >= 0.6 is 0 Å². The molecule has 0 radical (unpaired) electrons. The number of nitrogens with one attached hydrogen (secondary N) is 3. The number of carbonyl (C=O) groups is 5. The molecule has 1 aromatic carbocycles. The van der Waals surface area contributed by atoms with Crippen molar-refractivity contribution in [3.05, 3.63) is 29.8 Å². The van der Waals surface area contributed by atoms with Crippen LogP contribution in [0.1, 0.15) is 12.0 Å². The van der Waals surface area contributed by atoms with Gasteiger partial charge in [-0.25, -0.2) is 0 Å². The van der Waals surface area contributed by atoms with E-state index in [0.717, 1.165) is 0 Å². The summed E-state index contributed by atoms with van der Waals surface area (Å²) < 4.78 is 0. The fraction of sp³-hybridized carbons (Fsp3) is 0.389.